The minimum absolute atomic E-state index is 0.421. The lowest BCUT2D eigenvalue weighted by atomic mass is 10.0. The fourth-order valence-electron chi connectivity index (χ4n) is 2.37. The Morgan fingerprint density at radius 1 is 1.21 bits per heavy atom. The number of hydrogen-bond acceptors (Lipinski definition) is 2. The van der Waals surface area contributed by atoms with Crippen LogP contribution >= 0.6 is 27.3 Å². The van der Waals surface area contributed by atoms with Crippen LogP contribution in [-0.4, -0.2) is 6.54 Å². The van der Waals surface area contributed by atoms with Gasteiger partial charge in [-0.2, -0.15) is 0 Å². The Morgan fingerprint density at radius 3 is 2.42 bits per heavy atom. The minimum Gasteiger partial charge on any atom is -0.309 e. The molecule has 0 saturated heterocycles. The quantitative estimate of drug-likeness (QED) is 0.807. The highest BCUT2D eigenvalue weighted by Gasteiger charge is 2.16. The summed E-state index contributed by atoms with van der Waals surface area (Å²) in [6, 6.07) is 11.3. The first kappa shape index (κ1) is 14.8. The zero-order valence-electron chi connectivity index (χ0n) is 11.7. The molecule has 1 aromatic heterocycles. The summed E-state index contributed by atoms with van der Waals surface area (Å²) >= 11 is 5.40. The van der Waals surface area contributed by atoms with E-state index in [9.17, 15) is 0 Å². The molecule has 0 radical (unpaired) electrons. The summed E-state index contributed by atoms with van der Waals surface area (Å²) in [7, 11) is 0. The van der Waals surface area contributed by atoms with Crippen molar-refractivity contribution >= 4 is 27.3 Å². The zero-order valence-corrected chi connectivity index (χ0v) is 14.1. The van der Waals surface area contributed by atoms with Crippen molar-refractivity contribution in [2.75, 3.05) is 6.54 Å². The van der Waals surface area contributed by atoms with E-state index in [0.717, 1.165) is 17.4 Å². The summed E-state index contributed by atoms with van der Waals surface area (Å²) in [5.74, 6) is 0. The molecule has 1 nitrogen and oxygen atoms in total. The van der Waals surface area contributed by atoms with E-state index < -0.39 is 0 Å². The summed E-state index contributed by atoms with van der Waals surface area (Å²) < 4.78 is 1.14. The normalized spacial score (nSPS) is 12.6. The maximum Gasteiger partial charge on any atom is 0.0458 e. The van der Waals surface area contributed by atoms with Crippen LogP contribution in [0.1, 0.15) is 33.8 Å². The van der Waals surface area contributed by atoms with E-state index >= 15 is 0 Å². The first-order chi connectivity index (χ1) is 9.10. The van der Waals surface area contributed by atoms with Crippen LogP contribution in [0.4, 0.5) is 0 Å². The predicted molar refractivity (Wildman–Crippen MR) is 88.1 cm³/mol. The van der Waals surface area contributed by atoms with Crippen molar-refractivity contribution in [2.45, 2.75) is 33.2 Å². The highest BCUT2D eigenvalue weighted by atomic mass is 79.9. The van der Waals surface area contributed by atoms with Gasteiger partial charge in [-0.3, -0.25) is 0 Å². The third-order valence-electron chi connectivity index (χ3n) is 3.20. The molecular weight excluding hydrogens is 318 g/mol. The predicted octanol–water partition coefficient (Wildman–Crippen LogP) is 5.02. The molecule has 0 fully saturated rings. The van der Waals surface area contributed by atoms with Crippen LogP contribution < -0.4 is 5.32 Å². The second-order valence-electron chi connectivity index (χ2n) is 4.85. The first-order valence-corrected chi connectivity index (χ1v) is 8.26. The van der Waals surface area contributed by atoms with Gasteiger partial charge in [0.15, 0.2) is 0 Å². The molecule has 19 heavy (non-hydrogen) atoms. The van der Waals surface area contributed by atoms with Gasteiger partial charge in [-0.05, 0) is 56.1 Å². The molecular formula is C16H20BrNS. The summed E-state index contributed by atoms with van der Waals surface area (Å²) in [6.07, 6.45) is 1.04. The smallest absolute Gasteiger partial charge is 0.0458 e. The van der Waals surface area contributed by atoms with Crippen molar-refractivity contribution in [2.24, 2.45) is 0 Å². The Bertz CT molecular complexity index is 530. The molecule has 0 aliphatic carbocycles. The number of nitrogens with one attached hydrogen (secondary N) is 1. The Morgan fingerprint density at radius 2 is 1.89 bits per heavy atom. The molecule has 0 bridgehead atoms. The largest absolute Gasteiger partial charge is 0.309 e. The summed E-state index contributed by atoms with van der Waals surface area (Å²) in [4.78, 5) is 2.87. The fraction of sp³-hybridized carbons (Fsp3) is 0.375. The maximum absolute atomic E-state index is 3.61. The molecule has 1 aromatic carbocycles. The number of thiophene rings is 1. The van der Waals surface area contributed by atoms with Crippen molar-refractivity contribution in [3.63, 3.8) is 0 Å². The number of aryl methyl sites for hydroxylation is 2. The average molecular weight is 338 g/mol. The lowest BCUT2D eigenvalue weighted by molar-refractivity contribution is 0.556. The molecule has 0 amide bonds. The van der Waals surface area contributed by atoms with Gasteiger partial charge in [0.05, 0.1) is 0 Å². The van der Waals surface area contributed by atoms with Crippen LogP contribution in [0.5, 0.6) is 0 Å². The van der Waals surface area contributed by atoms with Crippen molar-refractivity contribution in [1.82, 2.24) is 5.32 Å². The van der Waals surface area contributed by atoms with Crippen LogP contribution in [-0.2, 0) is 6.42 Å². The van der Waals surface area contributed by atoms with E-state index in [1.807, 2.05) is 11.3 Å². The van der Waals surface area contributed by atoms with Crippen molar-refractivity contribution < 1.29 is 0 Å². The number of benzene rings is 1. The van der Waals surface area contributed by atoms with Gasteiger partial charge in [-0.25, -0.2) is 0 Å². The number of rotatable bonds is 5. The monoisotopic (exact) mass is 337 g/mol. The van der Waals surface area contributed by atoms with Crippen LogP contribution in [0.15, 0.2) is 34.8 Å². The topological polar surface area (TPSA) is 12.0 Å². The van der Waals surface area contributed by atoms with Gasteiger partial charge in [-0.15, -0.1) is 11.3 Å². The molecule has 1 atom stereocenters. The van der Waals surface area contributed by atoms with Gasteiger partial charge >= 0.3 is 0 Å². The molecule has 3 heteroatoms. The van der Waals surface area contributed by atoms with Gasteiger partial charge in [-0.1, -0.05) is 35.0 Å². The molecule has 0 saturated carbocycles. The molecule has 0 aliphatic rings. The number of hydrogen-bond donors (Lipinski definition) is 1. The van der Waals surface area contributed by atoms with Gasteiger partial charge < -0.3 is 5.32 Å². The molecule has 1 N–H and O–H groups in total. The van der Waals surface area contributed by atoms with E-state index in [1.54, 1.807) is 0 Å². The summed E-state index contributed by atoms with van der Waals surface area (Å²) in [6.45, 7) is 7.57. The van der Waals surface area contributed by atoms with E-state index in [-0.39, 0.29) is 0 Å². The maximum atomic E-state index is 3.61. The second-order valence-corrected chi connectivity index (χ2v) is 7.05. The lowest BCUT2D eigenvalue weighted by Gasteiger charge is -2.18. The second kappa shape index (κ2) is 6.69. The number of likely N-dealkylation sites (N-methyl/N-ethyl adjacent to an activating group) is 1. The van der Waals surface area contributed by atoms with Gasteiger partial charge in [0.25, 0.3) is 0 Å². The van der Waals surface area contributed by atoms with Crippen LogP contribution in [0.25, 0.3) is 0 Å². The highest BCUT2D eigenvalue weighted by Crippen LogP contribution is 2.30. The van der Waals surface area contributed by atoms with Gasteiger partial charge in [0.2, 0.25) is 0 Å². The van der Waals surface area contributed by atoms with Crippen molar-refractivity contribution in [1.29, 1.82) is 0 Å². The van der Waals surface area contributed by atoms with Gasteiger partial charge in [0, 0.05) is 20.3 Å². The number of halogens is 1. The summed E-state index contributed by atoms with van der Waals surface area (Å²) in [5.41, 5.74) is 2.78. The Kier molecular flexibility index (Phi) is 5.20. The third-order valence-corrected chi connectivity index (χ3v) is 4.99. The highest BCUT2D eigenvalue weighted by molar-refractivity contribution is 9.10. The zero-order chi connectivity index (χ0) is 13.8. The Balaban J connectivity index is 2.20. The summed E-state index contributed by atoms with van der Waals surface area (Å²) in [5, 5.41) is 3.61. The molecule has 102 valence electrons. The van der Waals surface area contributed by atoms with E-state index in [2.05, 4.69) is 72.3 Å². The van der Waals surface area contributed by atoms with Gasteiger partial charge in [0.1, 0.15) is 0 Å². The van der Waals surface area contributed by atoms with E-state index in [1.165, 1.54) is 20.9 Å². The Labute approximate surface area is 128 Å². The Hall–Kier alpha value is -0.640. The van der Waals surface area contributed by atoms with Crippen molar-refractivity contribution in [3.05, 3.63) is 55.7 Å². The molecule has 1 heterocycles. The molecule has 2 rings (SSSR count). The SMILES string of the molecule is CCNC(Cc1ccc(Br)cc1)c1sc(C)cc1C. The molecule has 1 unspecified atom stereocenters. The average Bonchev–Trinajstić information content (AvgIpc) is 2.71. The fourth-order valence-corrected chi connectivity index (χ4v) is 3.74. The van der Waals surface area contributed by atoms with Crippen molar-refractivity contribution in [3.8, 4) is 0 Å². The van der Waals surface area contributed by atoms with E-state index in [4.69, 9.17) is 0 Å². The third kappa shape index (κ3) is 3.91. The van der Waals surface area contributed by atoms with Crippen LogP contribution in [0.3, 0.4) is 0 Å². The molecule has 0 spiro atoms. The minimum atomic E-state index is 0.421. The van der Waals surface area contributed by atoms with E-state index in [0.29, 0.717) is 6.04 Å². The van der Waals surface area contributed by atoms with Crippen LogP contribution in [0, 0.1) is 13.8 Å². The molecule has 0 aliphatic heterocycles. The van der Waals surface area contributed by atoms with Crippen LogP contribution in [0.2, 0.25) is 0 Å². The molecule has 2 aromatic rings. The lowest BCUT2D eigenvalue weighted by Crippen LogP contribution is -2.22. The standard InChI is InChI=1S/C16H20BrNS/c1-4-18-15(16-11(2)9-12(3)19-16)10-13-5-7-14(17)8-6-13/h5-9,15,18H,4,10H2,1-3H3. The first-order valence-electron chi connectivity index (χ1n) is 6.65.